The maximum absolute atomic E-state index is 12.6. The van der Waals surface area contributed by atoms with Gasteiger partial charge in [-0.2, -0.15) is 0 Å². The molecule has 1 fully saturated rings. The second kappa shape index (κ2) is 7.47. The number of carbonyl (C=O) groups is 1. The SMILES string of the molecule is O=C(c1cc(Nc2ccc(Cl)cc2)ccn1)N1CCCCCC1. The average Bonchev–Trinajstić information content (AvgIpc) is 2.86. The van der Waals surface area contributed by atoms with Gasteiger partial charge in [-0.3, -0.25) is 9.78 Å². The van der Waals surface area contributed by atoms with Gasteiger partial charge in [-0.1, -0.05) is 24.4 Å². The van der Waals surface area contributed by atoms with Crippen LogP contribution in [-0.4, -0.2) is 28.9 Å². The molecule has 2 aromatic rings. The number of aromatic nitrogens is 1. The molecular formula is C18H20ClN3O. The van der Waals surface area contributed by atoms with Gasteiger partial charge < -0.3 is 10.2 Å². The lowest BCUT2D eigenvalue weighted by atomic mass is 10.2. The first kappa shape index (κ1) is 15.8. The van der Waals surface area contributed by atoms with Crippen LogP contribution in [0.1, 0.15) is 36.2 Å². The molecule has 0 bridgehead atoms. The molecule has 1 amide bonds. The number of carbonyl (C=O) groups excluding carboxylic acids is 1. The third kappa shape index (κ3) is 4.23. The maximum Gasteiger partial charge on any atom is 0.272 e. The summed E-state index contributed by atoms with van der Waals surface area (Å²) in [4.78, 5) is 18.8. The van der Waals surface area contributed by atoms with E-state index in [-0.39, 0.29) is 5.91 Å². The Kier molecular flexibility index (Phi) is 5.13. The van der Waals surface area contributed by atoms with Crippen molar-refractivity contribution in [2.24, 2.45) is 0 Å². The van der Waals surface area contributed by atoms with Crippen molar-refractivity contribution in [1.29, 1.82) is 0 Å². The van der Waals surface area contributed by atoms with Crippen LogP contribution in [0.4, 0.5) is 11.4 Å². The highest BCUT2D eigenvalue weighted by molar-refractivity contribution is 6.30. The number of nitrogens with one attached hydrogen (secondary N) is 1. The Balaban J connectivity index is 1.73. The number of anilines is 2. The van der Waals surface area contributed by atoms with Crippen LogP contribution < -0.4 is 5.32 Å². The standard InChI is InChI=1S/C18H20ClN3O/c19-14-5-7-15(8-6-14)21-16-9-10-20-17(13-16)18(23)22-11-3-1-2-4-12-22/h5-10,13H,1-4,11-12H2,(H,20,21). The summed E-state index contributed by atoms with van der Waals surface area (Å²) in [5, 5.41) is 3.97. The molecule has 0 atom stereocenters. The molecule has 1 saturated heterocycles. The minimum atomic E-state index is 0.0201. The van der Waals surface area contributed by atoms with Crippen molar-refractivity contribution < 1.29 is 4.79 Å². The van der Waals surface area contributed by atoms with Gasteiger partial charge in [0.1, 0.15) is 5.69 Å². The van der Waals surface area contributed by atoms with Crippen LogP contribution in [0.3, 0.4) is 0 Å². The lowest BCUT2D eigenvalue weighted by Gasteiger charge is -2.20. The summed E-state index contributed by atoms with van der Waals surface area (Å²) in [5.41, 5.74) is 2.26. The predicted molar refractivity (Wildman–Crippen MR) is 93.3 cm³/mol. The molecule has 0 saturated carbocycles. The fourth-order valence-corrected chi connectivity index (χ4v) is 2.89. The summed E-state index contributed by atoms with van der Waals surface area (Å²) in [5.74, 6) is 0.0201. The Morgan fingerprint density at radius 1 is 1.00 bits per heavy atom. The zero-order valence-corrected chi connectivity index (χ0v) is 13.7. The van der Waals surface area contributed by atoms with Crippen LogP contribution in [-0.2, 0) is 0 Å². The number of hydrogen-bond acceptors (Lipinski definition) is 3. The Bertz CT molecular complexity index is 664. The third-order valence-electron chi connectivity index (χ3n) is 4.01. The molecule has 3 rings (SSSR count). The molecule has 1 aromatic heterocycles. The number of nitrogens with zero attached hydrogens (tertiary/aromatic N) is 2. The van der Waals surface area contributed by atoms with Gasteiger partial charge in [0.15, 0.2) is 0 Å². The van der Waals surface area contributed by atoms with Crippen molar-refractivity contribution in [3.8, 4) is 0 Å². The fourth-order valence-electron chi connectivity index (χ4n) is 2.76. The minimum Gasteiger partial charge on any atom is -0.355 e. The summed E-state index contributed by atoms with van der Waals surface area (Å²) in [6, 6.07) is 11.1. The number of likely N-dealkylation sites (tertiary alicyclic amines) is 1. The molecule has 0 spiro atoms. The predicted octanol–water partition coefficient (Wildman–Crippen LogP) is 4.49. The minimum absolute atomic E-state index is 0.0201. The van der Waals surface area contributed by atoms with Crippen LogP contribution in [0, 0.1) is 0 Å². The van der Waals surface area contributed by atoms with E-state index in [2.05, 4.69) is 10.3 Å². The van der Waals surface area contributed by atoms with Crippen LogP contribution in [0.25, 0.3) is 0 Å². The number of halogens is 1. The first-order valence-corrected chi connectivity index (χ1v) is 8.38. The van der Waals surface area contributed by atoms with E-state index < -0.39 is 0 Å². The van der Waals surface area contributed by atoms with E-state index in [1.165, 1.54) is 12.8 Å². The Morgan fingerprint density at radius 2 is 1.70 bits per heavy atom. The molecule has 5 heteroatoms. The number of hydrogen-bond donors (Lipinski definition) is 1. The Hall–Kier alpha value is -2.07. The highest BCUT2D eigenvalue weighted by atomic mass is 35.5. The van der Waals surface area contributed by atoms with E-state index in [1.807, 2.05) is 41.3 Å². The van der Waals surface area contributed by atoms with Crippen molar-refractivity contribution in [1.82, 2.24) is 9.88 Å². The van der Waals surface area contributed by atoms with Crippen molar-refractivity contribution in [3.05, 3.63) is 53.3 Å². The van der Waals surface area contributed by atoms with Gasteiger partial charge in [0.05, 0.1) is 0 Å². The smallest absolute Gasteiger partial charge is 0.272 e. The summed E-state index contributed by atoms with van der Waals surface area (Å²) in [6.45, 7) is 1.66. The fraction of sp³-hybridized carbons (Fsp3) is 0.333. The molecule has 0 radical (unpaired) electrons. The van der Waals surface area contributed by atoms with Crippen molar-refractivity contribution in [2.45, 2.75) is 25.7 Å². The van der Waals surface area contributed by atoms with Crippen molar-refractivity contribution in [2.75, 3.05) is 18.4 Å². The lowest BCUT2D eigenvalue weighted by Crippen LogP contribution is -2.32. The summed E-state index contributed by atoms with van der Waals surface area (Å²) >= 11 is 5.89. The second-order valence-corrected chi connectivity index (χ2v) is 6.20. The van der Waals surface area contributed by atoms with Gasteiger partial charge in [0.25, 0.3) is 5.91 Å². The highest BCUT2D eigenvalue weighted by Crippen LogP contribution is 2.20. The van der Waals surface area contributed by atoms with Gasteiger partial charge in [0.2, 0.25) is 0 Å². The van der Waals surface area contributed by atoms with E-state index in [4.69, 9.17) is 11.6 Å². The molecule has 4 nitrogen and oxygen atoms in total. The topological polar surface area (TPSA) is 45.2 Å². The quantitative estimate of drug-likeness (QED) is 0.902. The highest BCUT2D eigenvalue weighted by Gasteiger charge is 2.18. The second-order valence-electron chi connectivity index (χ2n) is 5.77. The summed E-state index contributed by atoms with van der Waals surface area (Å²) in [7, 11) is 0. The number of benzene rings is 1. The molecular weight excluding hydrogens is 310 g/mol. The first-order valence-electron chi connectivity index (χ1n) is 8.00. The molecule has 1 aliphatic rings. The van der Waals surface area contributed by atoms with Crippen molar-refractivity contribution >= 4 is 28.9 Å². The summed E-state index contributed by atoms with van der Waals surface area (Å²) in [6.07, 6.45) is 6.23. The Morgan fingerprint density at radius 3 is 2.39 bits per heavy atom. The van der Waals surface area contributed by atoms with Crippen LogP contribution in [0.5, 0.6) is 0 Å². The van der Waals surface area contributed by atoms with E-state index >= 15 is 0 Å². The monoisotopic (exact) mass is 329 g/mol. The molecule has 1 aliphatic heterocycles. The zero-order chi connectivity index (χ0) is 16.1. The average molecular weight is 330 g/mol. The van der Waals surface area contributed by atoms with E-state index in [0.717, 1.165) is 37.3 Å². The lowest BCUT2D eigenvalue weighted by molar-refractivity contribution is 0.0756. The van der Waals surface area contributed by atoms with Crippen molar-refractivity contribution in [3.63, 3.8) is 0 Å². The zero-order valence-electron chi connectivity index (χ0n) is 13.0. The van der Waals surface area contributed by atoms with E-state index in [1.54, 1.807) is 6.20 Å². The van der Waals surface area contributed by atoms with Gasteiger partial charge in [-0.15, -0.1) is 0 Å². The first-order chi connectivity index (χ1) is 11.2. The molecule has 1 aromatic carbocycles. The normalized spacial score (nSPS) is 15.1. The molecule has 2 heterocycles. The number of pyridine rings is 1. The maximum atomic E-state index is 12.6. The van der Waals surface area contributed by atoms with Crippen LogP contribution in [0.15, 0.2) is 42.6 Å². The number of rotatable bonds is 3. The molecule has 120 valence electrons. The third-order valence-corrected chi connectivity index (χ3v) is 4.26. The van der Waals surface area contributed by atoms with Gasteiger partial charge in [-0.05, 0) is 49.2 Å². The number of amides is 1. The molecule has 0 aliphatic carbocycles. The van der Waals surface area contributed by atoms with Crippen LogP contribution >= 0.6 is 11.6 Å². The molecule has 1 N–H and O–H groups in total. The molecule has 0 unspecified atom stereocenters. The van der Waals surface area contributed by atoms with E-state index in [0.29, 0.717) is 10.7 Å². The van der Waals surface area contributed by atoms with Gasteiger partial charge in [0, 0.05) is 35.7 Å². The summed E-state index contributed by atoms with van der Waals surface area (Å²) < 4.78 is 0. The van der Waals surface area contributed by atoms with Gasteiger partial charge in [-0.25, -0.2) is 0 Å². The van der Waals surface area contributed by atoms with E-state index in [9.17, 15) is 4.79 Å². The van der Waals surface area contributed by atoms with Gasteiger partial charge >= 0.3 is 0 Å². The largest absolute Gasteiger partial charge is 0.355 e. The van der Waals surface area contributed by atoms with Crippen LogP contribution in [0.2, 0.25) is 5.02 Å². The molecule has 23 heavy (non-hydrogen) atoms. The Labute approximate surface area is 141 Å².